The van der Waals surface area contributed by atoms with Crippen LogP contribution >= 0.6 is 0 Å². The Labute approximate surface area is 147 Å². The van der Waals surface area contributed by atoms with Crippen molar-refractivity contribution in [1.82, 2.24) is 4.57 Å². The molecule has 1 aliphatic rings. The fourth-order valence-corrected chi connectivity index (χ4v) is 3.41. The van der Waals surface area contributed by atoms with Crippen LogP contribution in [0.3, 0.4) is 0 Å². The molecule has 0 bridgehead atoms. The monoisotopic (exact) mass is 336 g/mol. The van der Waals surface area contributed by atoms with Crippen molar-refractivity contribution in [2.24, 2.45) is 0 Å². The molecule has 0 aliphatic carbocycles. The summed E-state index contributed by atoms with van der Waals surface area (Å²) in [5, 5.41) is 0. The van der Waals surface area contributed by atoms with Gasteiger partial charge in [0.25, 0.3) is 0 Å². The van der Waals surface area contributed by atoms with Gasteiger partial charge in [-0.3, -0.25) is 0 Å². The molecular weight excluding hydrogens is 315 g/mol. The average molecular weight is 336 g/mol. The molecule has 1 atom stereocenters. The Kier molecular flexibility index (Phi) is 4.28. The zero-order valence-electron chi connectivity index (χ0n) is 14.2. The molecule has 0 unspecified atom stereocenters. The summed E-state index contributed by atoms with van der Waals surface area (Å²) in [5.74, 6) is -0.220. The number of rotatable bonds is 4. The summed E-state index contributed by atoms with van der Waals surface area (Å²) in [5.41, 5.74) is 4.59. The topological polar surface area (TPSA) is 17.4 Å². The lowest BCUT2D eigenvalue weighted by Gasteiger charge is -2.24. The second-order valence-electron chi connectivity index (χ2n) is 6.23. The molecule has 2 heterocycles. The van der Waals surface area contributed by atoms with Gasteiger partial charge < -0.3 is 14.2 Å². The van der Waals surface area contributed by atoms with E-state index in [1.54, 1.807) is 12.1 Å². The lowest BCUT2D eigenvalue weighted by molar-refractivity contribution is 0.114. The van der Waals surface area contributed by atoms with Crippen LogP contribution in [0.5, 0.6) is 0 Å². The van der Waals surface area contributed by atoms with E-state index in [4.69, 9.17) is 4.74 Å². The van der Waals surface area contributed by atoms with Crippen molar-refractivity contribution in [3.63, 3.8) is 0 Å². The van der Waals surface area contributed by atoms with Gasteiger partial charge in [0.1, 0.15) is 5.82 Å². The van der Waals surface area contributed by atoms with Crippen LogP contribution in [0.25, 0.3) is 5.69 Å². The quantitative estimate of drug-likeness (QED) is 0.686. The first-order valence-electron chi connectivity index (χ1n) is 8.66. The molecule has 2 aromatic carbocycles. The molecule has 1 aromatic heterocycles. The van der Waals surface area contributed by atoms with Crippen molar-refractivity contribution in [1.29, 1.82) is 0 Å². The Morgan fingerprint density at radius 3 is 2.68 bits per heavy atom. The molecule has 1 fully saturated rings. The van der Waals surface area contributed by atoms with E-state index in [9.17, 15) is 4.39 Å². The minimum Gasteiger partial charge on any atom is -0.352 e. The third-order valence-electron chi connectivity index (χ3n) is 4.70. The average Bonchev–Trinajstić information content (AvgIpc) is 3.31. The van der Waals surface area contributed by atoms with E-state index in [1.807, 2.05) is 0 Å². The molecule has 25 heavy (non-hydrogen) atoms. The number of para-hydroxylation sites is 1. The zero-order chi connectivity index (χ0) is 17.2. The van der Waals surface area contributed by atoms with Crippen molar-refractivity contribution in [2.75, 3.05) is 18.1 Å². The Bertz CT molecular complexity index is 856. The lowest BCUT2D eigenvalue weighted by atomic mass is 10.1. The highest BCUT2D eigenvalue weighted by Gasteiger charge is 2.28. The summed E-state index contributed by atoms with van der Waals surface area (Å²) >= 11 is 0. The van der Waals surface area contributed by atoms with Crippen LogP contribution in [0, 0.1) is 5.82 Å². The molecule has 3 nitrogen and oxygen atoms in total. The third kappa shape index (κ3) is 3.05. The summed E-state index contributed by atoms with van der Waals surface area (Å²) in [6.45, 7) is 3.63. The molecule has 4 rings (SSSR count). The van der Waals surface area contributed by atoms with E-state index in [1.165, 1.54) is 23.4 Å². The molecule has 1 saturated heterocycles. The van der Waals surface area contributed by atoms with Gasteiger partial charge in [-0.25, -0.2) is 4.39 Å². The number of hydrogen-bond donors (Lipinski definition) is 0. The molecule has 128 valence electrons. The number of benzene rings is 2. The molecule has 0 N–H and O–H groups in total. The molecule has 0 radical (unpaired) electrons. The molecule has 0 amide bonds. The van der Waals surface area contributed by atoms with E-state index in [-0.39, 0.29) is 12.0 Å². The highest BCUT2D eigenvalue weighted by atomic mass is 19.1. The summed E-state index contributed by atoms with van der Waals surface area (Å²) in [6, 6.07) is 17.1. The van der Waals surface area contributed by atoms with Gasteiger partial charge in [0, 0.05) is 35.9 Å². The van der Waals surface area contributed by atoms with Crippen LogP contribution in [0.4, 0.5) is 10.1 Å². The first-order chi connectivity index (χ1) is 12.3. The van der Waals surface area contributed by atoms with Gasteiger partial charge in [0.05, 0.1) is 6.61 Å². The van der Waals surface area contributed by atoms with Crippen LogP contribution in [0.15, 0.2) is 67.0 Å². The van der Waals surface area contributed by atoms with E-state index in [2.05, 4.69) is 59.1 Å². The van der Waals surface area contributed by atoms with E-state index >= 15 is 0 Å². The number of aryl methyl sites for hydroxylation is 1. The van der Waals surface area contributed by atoms with Gasteiger partial charge in [-0.2, -0.15) is 0 Å². The molecular formula is C21H21FN2O. The maximum atomic E-state index is 13.2. The molecule has 1 aliphatic heterocycles. The zero-order valence-corrected chi connectivity index (χ0v) is 14.2. The maximum Gasteiger partial charge on any atom is 0.158 e. The van der Waals surface area contributed by atoms with Crippen LogP contribution in [0.2, 0.25) is 0 Å². The second-order valence-corrected chi connectivity index (χ2v) is 6.23. The predicted octanol–water partition coefficient (Wildman–Crippen LogP) is 4.71. The molecule has 0 spiro atoms. The van der Waals surface area contributed by atoms with Gasteiger partial charge in [-0.1, -0.05) is 25.1 Å². The van der Waals surface area contributed by atoms with Crippen LogP contribution in [-0.2, 0) is 11.2 Å². The highest BCUT2D eigenvalue weighted by molar-refractivity contribution is 5.49. The van der Waals surface area contributed by atoms with E-state index in [0.717, 1.165) is 24.2 Å². The first-order valence-corrected chi connectivity index (χ1v) is 8.66. The van der Waals surface area contributed by atoms with Gasteiger partial charge in [-0.05, 0) is 48.4 Å². The van der Waals surface area contributed by atoms with Crippen molar-refractivity contribution < 1.29 is 9.13 Å². The summed E-state index contributed by atoms with van der Waals surface area (Å²) in [6.07, 6.45) is 5.06. The Balaban J connectivity index is 1.64. The molecule has 4 heteroatoms. The number of anilines is 1. The summed E-state index contributed by atoms with van der Waals surface area (Å²) in [7, 11) is 0. The van der Waals surface area contributed by atoms with Crippen molar-refractivity contribution in [2.45, 2.75) is 19.6 Å². The largest absolute Gasteiger partial charge is 0.352 e. The van der Waals surface area contributed by atoms with Crippen LogP contribution in [0.1, 0.15) is 24.3 Å². The lowest BCUT2D eigenvalue weighted by Crippen LogP contribution is -2.22. The fourth-order valence-electron chi connectivity index (χ4n) is 3.41. The summed E-state index contributed by atoms with van der Waals surface area (Å²) < 4.78 is 21.3. The smallest absolute Gasteiger partial charge is 0.158 e. The van der Waals surface area contributed by atoms with Gasteiger partial charge >= 0.3 is 0 Å². The minimum absolute atomic E-state index is 0.138. The predicted molar refractivity (Wildman–Crippen MR) is 97.6 cm³/mol. The first kappa shape index (κ1) is 15.9. The third-order valence-corrected chi connectivity index (χ3v) is 4.70. The summed E-state index contributed by atoms with van der Waals surface area (Å²) in [4.78, 5) is 2.17. The Morgan fingerprint density at radius 1 is 1.08 bits per heavy atom. The number of halogens is 1. The Hall–Kier alpha value is -2.59. The van der Waals surface area contributed by atoms with Gasteiger partial charge in [0.2, 0.25) is 0 Å². The number of aromatic nitrogens is 1. The van der Waals surface area contributed by atoms with Gasteiger partial charge in [0.15, 0.2) is 6.23 Å². The number of nitrogens with zero attached hydrogens (tertiary/aromatic N) is 2. The van der Waals surface area contributed by atoms with Crippen molar-refractivity contribution in [3.8, 4) is 5.69 Å². The van der Waals surface area contributed by atoms with Gasteiger partial charge in [-0.15, -0.1) is 0 Å². The molecule has 3 aromatic rings. The SMILES string of the molecule is CCc1ccccc1-n1ccc([C@H]2OCCN2c2ccc(F)cc2)c1. The normalized spacial score (nSPS) is 17.2. The number of hydrogen-bond acceptors (Lipinski definition) is 2. The van der Waals surface area contributed by atoms with E-state index < -0.39 is 0 Å². The van der Waals surface area contributed by atoms with Crippen LogP contribution in [-0.4, -0.2) is 17.7 Å². The fraction of sp³-hybridized carbons (Fsp3) is 0.238. The number of ether oxygens (including phenoxy) is 1. The second kappa shape index (κ2) is 6.73. The van der Waals surface area contributed by atoms with Crippen molar-refractivity contribution >= 4 is 5.69 Å². The maximum absolute atomic E-state index is 13.2. The van der Waals surface area contributed by atoms with Crippen LogP contribution < -0.4 is 4.90 Å². The van der Waals surface area contributed by atoms with E-state index in [0.29, 0.717) is 6.61 Å². The minimum atomic E-state index is -0.220. The highest BCUT2D eigenvalue weighted by Crippen LogP contribution is 2.33. The standard InChI is InChI=1S/C21H21FN2O/c1-2-16-5-3-4-6-20(16)23-12-11-17(15-23)21-24(13-14-25-21)19-9-7-18(22)8-10-19/h3-12,15,21H,2,13-14H2,1H3/t21-/m1/s1. The molecule has 0 saturated carbocycles. The van der Waals surface area contributed by atoms with Crippen molar-refractivity contribution in [3.05, 3.63) is 83.9 Å². The Morgan fingerprint density at radius 2 is 1.88 bits per heavy atom.